The third kappa shape index (κ3) is 2.74. The Morgan fingerprint density at radius 1 is 1.16 bits per heavy atom. The van der Waals surface area contributed by atoms with Crippen molar-refractivity contribution in [3.8, 4) is 5.75 Å². The Morgan fingerprint density at radius 2 is 2.00 bits per heavy atom. The molecule has 4 heteroatoms. The van der Waals surface area contributed by atoms with E-state index in [1.165, 1.54) is 0 Å². The van der Waals surface area contributed by atoms with Gasteiger partial charge in [-0.1, -0.05) is 24.3 Å². The minimum atomic E-state index is -0.296. The van der Waals surface area contributed by atoms with E-state index in [-0.39, 0.29) is 11.4 Å². The molecule has 0 aliphatic heterocycles. The maximum absolute atomic E-state index is 12.9. The highest BCUT2D eigenvalue weighted by Gasteiger charge is 2.46. The third-order valence-corrected chi connectivity index (χ3v) is 4.95. The van der Waals surface area contributed by atoms with Crippen LogP contribution in [0.15, 0.2) is 54.7 Å². The highest BCUT2D eigenvalue weighted by molar-refractivity contribution is 5.97. The molecule has 0 atom stereocenters. The molecule has 4 nitrogen and oxygen atoms in total. The van der Waals surface area contributed by atoms with Crippen LogP contribution >= 0.6 is 0 Å². The van der Waals surface area contributed by atoms with Crippen molar-refractivity contribution in [2.24, 2.45) is 0 Å². The van der Waals surface area contributed by atoms with Crippen molar-refractivity contribution in [1.29, 1.82) is 0 Å². The summed E-state index contributed by atoms with van der Waals surface area (Å²) in [5.41, 5.74) is 3.40. The van der Waals surface area contributed by atoms with E-state index in [1.807, 2.05) is 37.3 Å². The molecule has 1 aliphatic rings. The van der Waals surface area contributed by atoms with Crippen molar-refractivity contribution in [2.45, 2.75) is 25.3 Å². The number of nitrogens with one attached hydrogen (secondary N) is 1. The van der Waals surface area contributed by atoms with Gasteiger partial charge in [0.15, 0.2) is 0 Å². The number of methoxy groups -OCH3 is 1. The average molecular weight is 332 g/mol. The first-order valence-electron chi connectivity index (χ1n) is 8.44. The number of aryl methyl sites for hydroxylation is 1. The molecular weight excluding hydrogens is 312 g/mol. The molecular formula is C21H20N2O2. The van der Waals surface area contributed by atoms with Gasteiger partial charge in [0.25, 0.3) is 5.91 Å². The van der Waals surface area contributed by atoms with Crippen LogP contribution in [0.2, 0.25) is 0 Å². The van der Waals surface area contributed by atoms with Gasteiger partial charge in [-0.3, -0.25) is 9.78 Å². The zero-order valence-electron chi connectivity index (χ0n) is 14.4. The number of nitrogens with zero attached hydrogens (tertiary/aromatic N) is 1. The summed E-state index contributed by atoms with van der Waals surface area (Å²) in [7, 11) is 1.61. The van der Waals surface area contributed by atoms with Crippen LogP contribution in [0, 0.1) is 6.92 Å². The molecule has 2 aromatic carbocycles. The fourth-order valence-electron chi connectivity index (χ4n) is 3.36. The number of carbonyl (C=O) groups excluding carboxylic acids is 1. The highest BCUT2D eigenvalue weighted by Crippen LogP contribution is 2.48. The van der Waals surface area contributed by atoms with Gasteiger partial charge in [-0.2, -0.15) is 0 Å². The average Bonchev–Trinajstić information content (AvgIpc) is 3.42. The van der Waals surface area contributed by atoms with Gasteiger partial charge in [-0.25, -0.2) is 0 Å². The zero-order valence-corrected chi connectivity index (χ0v) is 14.4. The van der Waals surface area contributed by atoms with Crippen LogP contribution in [0.1, 0.15) is 34.3 Å². The summed E-state index contributed by atoms with van der Waals surface area (Å²) in [6.07, 6.45) is 3.68. The normalized spacial score (nSPS) is 15.0. The fourth-order valence-corrected chi connectivity index (χ4v) is 3.36. The molecule has 0 unspecified atom stereocenters. The Morgan fingerprint density at radius 3 is 2.76 bits per heavy atom. The van der Waals surface area contributed by atoms with Crippen molar-refractivity contribution < 1.29 is 9.53 Å². The minimum absolute atomic E-state index is 0.0604. The van der Waals surface area contributed by atoms with Crippen molar-refractivity contribution in [2.75, 3.05) is 7.11 Å². The first-order valence-corrected chi connectivity index (χ1v) is 8.44. The number of fused-ring (bicyclic) bond motifs is 1. The molecule has 1 fully saturated rings. The predicted octanol–water partition coefficient (Wildman–Crippen LogP) is 3.97. The summed E-state index contributed by atoms with van der Waals surface area (Å²) in [6.45, 7) is 1.94. The van der Waals surface area contributed by atoms with Crippen LogP contribution in [0.25, 0.3) is 10.9 Å². The second kappa shape index (κ2) is 5.88. The summed E-state index contributed by atoms with van der Waals surface area (Å²) in [4.78, 5) is 17.3. The standard InChI is InChI=1S/C21H20N2O2/c1-14-8-9-15(25-2)13-17(14)20(24)23-21(10-11-21)18-6-3-7-19-16(18)5-4-12-22-19/h3-9,12-13H,10-11H2,1-2H3,(H,23,24). The van der Waals surface area contributed by atoms with Crippen LogP contribution in [0.5, 0.6) is 5.75 Å². The summed E-state index contributed by atoms with van der Waals surface area (Å²) < 4.78 is 5.26. The van der Waals surface area contributed by atoms with E-state index in [0.717, 1.165) is 34.9 Å². The van der Waals surface area contributed by atoms with E-state index in [1.54, 1.807) is 19.4 Å². The molecule has 1 aromatic heterocycles. The molecule has 1 aliphatic carbocycles. The van der Waals surface area contributed by atoms with Crippen LogP contribution in [-0.4, -0.2) is 18.0 Å². The number of carbonyl (C=O) groups is 1. The van der Waals surface area contributed by atoms with E-state index >= 15 is 0 Å². The zero-order chi connectivity index (χ0) is 17.4. The Bertz CT molecular complexity index is 956. The van der Waals surface area contributed by atoms with Gasteiger partial charge in [0, 0.05) is 17.1 Å². The fraction of sp³-hybridized carbons (Fsp3) is 0.238. The number of benzene rings is 2. The Hall–Kier alpha value is -2.88. The van der Waals surface area contributed by atoms with Gasteiger partial charge in [0.2, 0.25) is 0 Å². The summed E-state index contributed by atoms with van der Waals surface area (Å²) in [5.74, 6) is 0.629. The minimum Gasteiger partial charge on any atom is -0.497 e. The lowest BCUT2D eigenvalue weighted by atomic mass is 9.98. The van der Waals surface area contributed by atoms with E-state index in [4.69, 9.17) is 4.74 Å². The predicted molar refractivity (Wildman–Crippen MR) is 97.9 cm³/mol. The quantitative estimate of drug-likeness (QED) is 0.786. The smallest absolute Gasteiger partial charge is 0.252 e. The number of hydrogen-bond acceptors (Lipinski definition) is 3. The number of hydrogen-bond donors (Lipinski definition) is 1. The van der Waals surface area contributed by atoms with Crippen LogP contribution in [0.3, 0.4) is 0 Å². The van der Waals surface area contributed by atoms with Gasteiger partial charge in [0.05, 0.1) is 18.2 Å². The van der Waals surface area contributed by atoms with Crippen molar-refractivity contribution >= 4 is 16.8 Å². The summed E-state index contributed by atoms with van der Waals surface area (Å²) >= 11 is 0. The number of aromatic nitrogens is 1. The lowest BCUT2D eigenvalue weighted by molar-refractivity contribution is 0.0930. The lowest BCUT2D eigenvalue weighted by Gasteiger charge is -2.20. The monoisotopic (exact) mass is 332 g/mol. The van der Waals surface area contributed by atoms with Gasteiger partial charge in [0.1, 0.15) is 5.75 Å². The van der Waals surface area contributed by atoms with Crippen molar-refractivity contribution in [1.82, 2.24) is 10.3 Å². The molecule has 0 radical (unpaired) electrons. The second-order valence-corrected chi connectivity index (χ2v) is 6.59. The number of ether oxygens (including phenoxy) is 1. The lowest BCUT2D eigenvalue weighted by Crippen LogP contribution is -2.35. The second-order valence-electron chi connectivity index (χ2n) is 6.59. The molecule has 4 rings (SSSR count). The van der Waals surface area contributed by atoms with Crippen LogP contribution < -0.4 is 10.1 Å². The van der Waals surface area contributed by atoms with Crippen LogP contribution in [-0.2, 0) is 5.54 Å². The molecule has 25 heavy (non-hydrogen) atoms. The highest BCUT2D eigenvalue weighted by atomic mass is 16.5. The molecule has 0 saturated heterocycles. The largest absolute Gasteiger partial charge is 0.497 e. The molecule has 1 amide bonds. The number of pyridine rings is 1. The Labute approximate surface area is 146 Å². The summed E-state index contributed by atoms with van der Waals surface area (Å²) in [6, 6.07) is 15.7. The number of rotatable bonds is 4. The molecule has 1 heterocycles. The molecule has 126 valence electrons. The van der Waals surface area contributed by atoms with E-state index in [0.29, 0.717) is 11.3 Å². The Balaban J connectivity index is 1.69. The van der Waals surface area contributed by atoms with Gasteiger partial charge in [-0.15, -0.1) is 0 Å². The molecule has 0 bridgehead atoms. The van der Waals surface area contributed by atoms with E-state index in [2.05, 4.69) is 22.4 Å². The third-order valence-electron chi connectivity index (χ3n) is 4.95. The van der Waals surface area contributed by atoms with Crippen molar-refractivity contribution in [3.63, 3.8) is 0 Å². The maximum atomic E-state index is 12.9. The number of amides is 1. The Kier molecular flexibility index (Phi) is 3.68. The topological polar surface area (TPSA) is 51.2 Å². The maximum Gasteiger partial charge on any atom is 0.252 e. The molecule has 3 aromatic rings. The first-order chi connectivity index (χ1) is 12.1. The van der Waals surface area contributed by atoms with Gasteiger partial charge in [-0.05, 0) is 55.2 Å². The molecule has 0 spiro atoms. The first kappa shape index (κ1) is 15.6. The van der Waals surface area contributed by atoms with E-state index < -0.39 is 0 Å². The van der Waals surface area contributed by atoms with Crippen molar-refractivity contribution in [3.05, 3.63) is 71.4 Å². The molecule has 1 N–H and O–H groups in total. The van der Waals surface area contributed by atoms with Gasteiger partial charge >= 0.3 is 0 Å². The molecule has 1 saturated carbocycles. The van der Waals surface area contributed by atoms with E-state index in [9.17, 15) is 4.79 Å². The van der Waals surface area contributed by atoms with Gasteiger partial charge < -0.3 is 10.1 Å². The van der Waals surface area contributed by atoms with Crippen LogP contribution in [0.4, 0.5) is 0 Å². The SMILES string of the molecule is COc1ccc(C)c(C(=O)NC2(c3cccc4ncccc34)CC2)c1. The summed E-state index contributed by atoms with van der Waals surface area (Å²) in [5, 5.41) is 4.36.